The van der Waals surface area contributed by atoms with Crippen molar-refractivity contribution in [1.82, 2.24) is 30.5 Å². The molecule has 4 rings (SSSR count). The summed E-state index contributed by atoms with van der Waals surface area (Å²) < 4.78 is 6.91. The van der Waals surface area contributed by atoms with E-state index >= 15 is 0 Å². The maximum atomic E-state index is 12.2. The molecule has 2 aromatic heterocycles. The second-order valence-corrected chi connectivity index (χ2v) is 6.42. The Morgan fingerprint density at radius 2 is 2.04 bits per heavy atom. The largest absolute Gasteiger partial charge is 0.350 e. The van der Waals surface area contributed by atoms with Crippen LogP contribution >= 0.6 is 0 Å². The van der Waals surface area contributed by atoms with Gasteiger partial charge in [0.15, 0.2) is 11.5 Å². The zero-order chi connectivity index (χ0) is 17.8. The van der Waals surface area contributed by atoms with Gasteiger partial charge in [0.2, 0.25) is 5.89 Å². The van der Waals surface area contributed by atoms with Gasteiger partial charge in [0.05, 0.1) is 11.9 Å². The summed E-state index contributed by atoms with van der Waals surface area (Å²) in [6, 6.07) is 9.52. The highest BCUT2D eigenvalue weighted by Gasteiger charge is 2.22. The topological polar surface area (TPSA) is 98.7 Å². The number of carbonyl (C=O) groups excluding carboxylic acids is 1. The number of rotatable bonds is 6. The molecule has 0 aliphatic heterocycles. The summed E-state index contributed by atoms with van der Waals surface area (Å²) >= 11 is 0. The van der Waals surface area contributed by atoms with Crippen molar-refractivity contribution in [3.05, 3.63) is 53.9 Å². The van der Waals surface area contributed by atoms with Crippen LogP contribution in [0.15, 0.2) is 41.1 Å². The summed E-state index contributed by atoms with van der Waals surface area (Å²) in [5, 5.41) is 14.7. The van der Waals surface area contributed by atoms with Gasteiger partial charge in [-0.25, -0.2) is 4.68 Å². The minimum atomic E-state index is -0.272. The Labute approximate surface area is 150 Å². The number of nitrogens with one attached hydrogen (secondary N) is 1. The van der Waals surface area contributed by atoms with Crippen LogP contribution in [0, 0.1) is 0 Å². The van der Waals surface area contributed by atoms with Crippen LogP contribution in [0.5, 0.6) is 0 Å². The average Bonchev–Trinajstić information content (AvgIpc) is 3.42. The van der Waals surface area contributed by atoms with E-state index in [4.69, 9.17) is 4.52 Å². The van der Waals surface area contributed by atoms with E-state index in [1.165, 1.54) is 12.8 Å². The Morgan fingerprint density at radius 3 is 2.85 bits per heavy atom. The van der Waals surface area contributed by atoms with Crippen molar-refractivity contribution in [3.8, 4) is 5.69 Å². The number of benzene rings is 1. The van der Waals surface area contributed by atoms with Gasteiger partial charge in [-0.2, -0.15) is 4.98 Å². The predicted molar refractivity (Wildman–Crippen MR) is 92.9 cm³/mol. The first kappa shape index (κ1) is 16.4. The quantitative estimate of drug-likeness (QED) is 0.731. The first-order valence-electron chi connectivity index (χ1n) is 8.88. The molecule has 0 saturated heterocycles. The van der Waals surface area contributed by atoms with Crippen LogP contribution in [0.3, 0.4) is 0 Å². The predicted octanol–water partition coefficient (Wildman–Crippen LogP) is 2.28. The lowest BCUT2D eigenvalue weighted by atomic mass is 10.1. The summed E-state index contributed by atoms with van der Waals surface area (Å²) in [6.07, 6.45) is 6.82. The van der Waals surface area contributed by atoms with Gasteiger partial charge in [0.25, 0.3) is 5.91 Å². The second kappa shape index (κ2) is 7.47. The third kappa shape index (κ3) is 3.63. The van der Waals surface area contributed by atoms with Crippen molar-refractivity contribution in [2.75, 3.05) is 6.54 Å². The van der Waals surface area contributed by atoms with Crippen molar-refractivity contribution in [1.29, 1.82) is 0 Å². The fourth-order valence-corrected chi connectivity index (χ4v) is 3.16. The molecule has 0 radical (unpaired) electrons. The van der Waals surface area contributed by atoms with Crippen molar-refractivity contribution in [3.63, 3.8) is 0 Å². The molecule has 134 valence electrons. The third-order valence-corrected chi connectivity index (χ3v) is 4.57. The molecular weight excluding hydrogens is 332 g/mol. The minimum absolute atomic E-state index is 0.272. The molecule has 8 nitrogen and oxygen atoms in total. The Bertz CT molecular complexity index is 867. The molecule has 1 saturated carbocycles. The molecule has 1 aliphatic rings. The number of carbonyl (C=O) groups is 1. The molecule has 1 fully saturated rings. The molecule has 1 amide bonds. The summed E-state index contributed by atoms with van der Waals surface area (Å²) in [5.41, 5.74) is 1.12. The molecule has 0 spiro atoms. The third-order valence-electron chi connectivity index (χ3n) is 4.57. The van der Waals surface area contributed by atoms with Gasteiger partial charge in [-0.1, -0.05) is 41.4 Å². The van der Waals surface area contributed by atoms with Crippen molar-refractivity contribution >= 4 is 5.91 Å². The fourth-order valence-electron chi connectivity index (χ4n) is 3.16. The number of aromatic nitrogens is 5. The van der Waals surface area contributed by atoms with E-state index < -0.39 is 0 Å². The zero-order valence-electron chi connectivity index (χ0n) is 14.3. The lowest BCUT2D eigenvalue weighted by Gasteiger charge is -2.00. The maximum Gasteiger partial charge on any atom is 0.273 e. The highest BCUT2D eigenvalue weighted by molar-refractivity contribution is 5.91. The normalized spacial score (nSPS) is 14.6. The van der Waals surface area contributed by atoms with Crippen molar-refractivity contribution in [2.24, 2.45) is 0 Å². The molecular formula is C18H20N6O2. The van der Waals surface area contributed by atoms with Crippen LogP contribution in [0.25, 0.3) is 5.69 Å². The first-order valence-corrected chi connectivity index (χ1v) is 8.88. The lowest BCUT2D eigenvalue weighted by molar-refractivity contribution is 0.0949. The van der Waals surface area contributed by atoms with Gasteiger partial charge < -0.3 is 9.84 Å². The highest BCUT2D eigenvalue weighted by Crippen LogP contribution is 2.32. The monoisotopic (exact) mass is 352 g/mol. The Kier molecular flexibility index (Phi) is 4.72. The zero-order valence-corrected chi connectivity index (χ0v) is 14.3. The van der Waals surface area contributed by atoms with Crippen LogP contribution in [-0.4, -0.2) is 37.6 Å². The van der Waals surface area contributed by atoms with E-state index in [1.807, 2.05) is 30.3 Å². The number of para-hydroxylation sites is 1. The highest BCUT2D eigenvalue weighted by atomic mass is 16.5. The van der Waals surface area contributed by atoms with E-state index in [0.29, 0.717) is 24.7 Å². The molecule has 0 unspecified atom stereocenters. The summed E-state index contributed by atoms with van der Waals surface area (Å²) in [7, 11) is 0. The summed E-state index contributed by atoms with van der Waals surface area (Å²) in [4.78, 5) is 16.6. The standard InChI is InChI=1S/C18H20N6O2/c25-17(15-12-24(23-21-15)14-8-2-1-3-9-14)19-11-10-16-20-18(26-22-16)13-6-4-5-7-13/h1-3,8-9,12-13H,4-7,10-11H2,(H,19,25). The van der Waals surface area contributed by atoms with E-state index in [9.17, 15) is 4.79 Å². The van der Waals surface area contributed by atoms with Crippen LogP contribution in [0.2, 0.25) is 0 Å². The molecule has 3 aromatic rings. The molecule has 0 bridgehead atoms. The first-order chi connectivity index (χ1) is 12.8. The smallest absolute Gasteiger partial charge is 0.273 e. The van der Waals surface area contributed by atoms with E-state index in [1.54, 1.807) is 10.9 Å². The van der Waals surface area contributed by atoms with Crippen molar-refractivity contribution in [2.45, 2.75) is 38.0 Å². The molecule has 1 aromatic carbocycles. The number of nitrogens with zero attached hydrogens (tertiary/aromatic N) is 5. The van der Waals surface area contributed by atoms with Crippen molar-refractivity contribution < 1.29 is 9.32 Å². The molecule has 0 atom stereocenters. The van der Waals surface area contributed by atoms with Crippen LogP contribution in [0.1, 0.15) is 53.8 Å². The van der Waals surface area contributed by atoms with Gasteiger partial charge in [0.1, 0.15) is 0 Å². The molecule has 26 heavy (non-hydrogen) atoms. The molecule has 8 heteroatoms. The second-order valence-electron chi connectivity index (χ2n) is 6.42. The average molecular weight is 352 g/mol. The maximum absolute atomic E-state index is 12.2. The van der Waals surface area contributed by atoms with Gasteiger partial charge in [-0.15, -0.1) is 5.10 Å². The molecule has 1 aliphatic carbocycles. The van der Waals surface area contributed by atoms with E-state index in [-0.39, 0.29) is 11.6 Å². The fraction of sp³-hybridized carbons (Fsp3) is 0.389. The number of hydrogen-bond donors (Lipinski definition) is 1. The Balaban J connectivity index is 1.30. The van der Waals surface area contributed by atoms with Gasteiger partial charge in [-0.3, -0.25) is 4.79 Å². The van der Waals surface area contributed by atoms with E-state index in [2.05, 4.69) is 25.8 Å². The number of amides is 1. The lowest BCUT2D eigenvalue weighted by Crippen LogP contribution is -2.26. The van der Waals surface area contributed by atoms with Crippen LogP contribution < -0.4 is 5.32 Å². The van der Waals surface area contributed by atoms with Crippen LogP contribution in [-0.2, 0) is 6.42 Å². The van der Waals surface area contributed by atoms with Gasteiger partial charge in [0, 0.05) is 18.9 Å². The minimum Gasteiger partial charge on any atom is -0.350 e. The SMILES string of the molecule is O=C(NCCc1noc(C2CCCC2)n1)c1cn(-c2ccccc2)nn1. The summed E-state index contributed by atoms with van der Waals surface area (Å²) in [5.74, 6) is 1.49. The number of hydrogen-bond acceptors (Lipinski definition) is 6. The molecule has 1 N–H and O–H groups in total. The van der Waals surface area contributed by atoms with Crippen LogP contribution in [0.4, 0.5) is 0 Å². The van der Waals surface area contributed by atoms with Gasteiger partial charge in [-0.05, 0) is 25.0 Å². The van der Waals surface area contributed by atoms with Gasteiger partial charge >= 0.3 is 0 Å². The molecule has 2 heterocycles. The van der Waals surface area contributed by atoms with E-state index in [0.717, 1.165) is 24.4 Å². The Morgan fingerprint density at radius 1 is 1.23 bits per heavy atom. The Hall–Kier alpha value is -3.03. The summed E-state index contributed by atoms with van der Waals surface area (Å²) in [6.45, 7) is 0.417.